The van der Waals surface area contributed by atoms with Crippen LogP contribution >= 0.6 is 12.4 Å². The van der Waals surface area contributed by atoms with E-state index >= 15 is 0 Å². The number of halogens is 1. The zero-order valence-corrected chi connectivity index (χ0v) is 12.1. The van der Waals surface area contributed by atoms with Crippen molar-refractivity contribution in [2.75, 3.05) is 6.54 Å². The van der Waals surface area contributed by atoms with E-state index in [-0.39, 0.29) is 24.4 Å². The quantitative estimate of drug-likeness (QED) is 0.889. The average molecular weight is 284 g/mol. The number of carbonyl (C=O) groups is 1. The topological polar surface area (TPSA) is 68.0 Å². The molecular weight excluding hydrogens is 262 g/mol. The number of nitrogens with two attached hydrogens (primary N) is 1. The van der Waals surface area contributed by atoms with E-state index in [1.165, 1.54) is 25.7 Å². The predicted octanol–water partition coefficient (Wildman–Crippen LogP) is 2.06. The lowest BCUT2D eigenvalue weighted by Gasteiger charge is -2.23. The van der Waals surface area contributed by atoms with Crippen LogP contribution in [-0.2, 0) is 0 Å². The van der Waals surface area contributed by atoms with Crippen molar-refractivity contribution in [1.82, 2.24) is 10.3 Å². The van der Waals surface area contributed by atoms with E-state index in [0.29, 0.717) is 18.0 Å². The van der Waals surface area contributed by atoms with E-state index in [0.717, 1.165) is 5.69 Å². The molecule has 1 aromatic heterocycles. The summed E-state index contributed by atoms with van der Waals surface area (Å²) < 4.78 is 0. The Hall–Kier alpha value is -1.13. The Labute approximate surface area is 120 Å². The molecule has 0 aliphatic heterocycles. The zero-order valence-electron chi connectivity index (χ0n) is 11.3. The molecule has 4 nitrogen and oxygen atoms in total. The first-order valence-corrected chi connectivity index (χ1v) is 6.65. The number of nitrogens with one attached hydrogen (secondary N) is 1. The minimum Gasteiger partial charge on any atom is -0.348 e. The van der Waals surface area contributed by atoms with Crippen LogP contribution in [0, 0.1) is 12.8 Å². The molecule has 1 aliphatic carbocycles. The lowest BCUT2D eigenvalue weighted by atomic mass is 9.98. The van der Waals surface area contributed by atoms with Crippen molar-refractivity contribution in [3.05, 3.63) is 29.6 Å². The van der Waals surface area contributed by atoms with Gasteiger partial charge in [0.25, 0.3) is 5.91 Å². The molecule has 1 aromatic rings. The molecule has 0 spiro atoms. The van der Waals surface area contributed by atoms with Crippen LogP contribution in [0.1, 0.15) is 41.7 Å². The van der Waals surface area contributed by atoms with Gasteiger partial charge < -0.3 is 11.1 Å². The SMILES string of the molecule is Cc1ncccc1C(=O)NC(CN)C1CCCC1.Cl. The molecule has 1 saturated carbocycles. The molecule has 1 heterocycles. The zero-order chi connectivity index (χ0) is 13.0. The molecule has 106 valence electrons. The summed E-state index contributed by atoms with van der Waals surface area (Å²) in [5, 5.41) is 3.06. The summed E-state index contributed by atoms with van der Waals surface area (Å²) in [5.74, 6) is 0.485. The van der Waals surface area contributed by atoms with E-state index in [1.54, 1.807) is 18.3 Å². The fourth-order valence-corrected chi connectivity index (χ4v) is 2.70. The number of nitrogens with zero attached hydrogens (tertiary/aromatic N) is 1. The highest BCUT2D eigenvalue weighted by molar-refractivity contribution is 5.95. The Morgan fingerprint density at radius 2 is 2.21 bits per heavy atom. The Bertz CT molecular complexity index is 419. The maximum absolute atomic E-state index is 12.2. The molecule has 2 rings (SSSR count). The van der Waals surface area contributed by atoms with Gasteiger partial charge in [0.1, 0.15) is 0 Å². The second-order valence-corrected chi connectivity index (χ2v) is 5.00. The van der Waals surface area contributed by atoms with Gasteiger partial charge in [-0.1, -0.05) is 12.8 Å². The van der Waals surface area contributed by atoms with Crippen molar-refractivity contribution in [2.45, 2.75) is 38.6 Å². The molecular formula is C14H22ClN3O. The third kappa shape index (κ3) is 3.91. The van der Waals surface area contributed by atoms with Gasteiger partial charge in [-0.05, 0) is 37.8 Å². The van der Waals surface area contributed by atoms with Crippen LogP contribution < -0.4 is 11.1 Å². The number of rotatable bonds is 4. The highest BCUT2D eigenvalue weighted by Crippen LogP contribution is 2.27. The molecule has 0 radical (unpaired) electrons. The molecule has 3 N–H and O–H groups in total. The Kier molecular flexibility index (Phi) is 6.25. The van der Waals surface area contributed by atoms with Gasteiger partial charge in [0.2, 0.25) is 0 Å². The van der Waals surface area contributed by atoms with Gasteiger partial charge in [0.15, 0.2) is 0 Å². The third-order valence-corrected chi connectivity index (χ3v) is 3.79. The van der Waals surface area contributed by atoms with Gasteiger partial charge in [-0.3, -0.25) is 9.78 Å². The van der Waals surface area contributed by atoms with Crippen molar-refractivity contribution >= 4 is 18.3 Å². The van der Waals surface area contributed by atoms with E-state index < -0.39 is 0 Å². The molecule has 1 atom stereocenters. The van der Waals surface area contributed by atoms with Gasteiger partial charge in [0, 0.05) is 24.5 Å². The largest absolute Gasteiger partial charge is 0.348 e. The number of hydrogen-bond donors (Lipinski definition) is 2. The van der Waals surface area contributed by atoms with E-state index in [1.807, 2.05) is 6.92 Å². The van der Waals surface area contributed by atoms with Crippen molar-refractivity contribution in [3.63, 3.8) is 0 Å². The number of aryl methyl sites for hydroxylation is 1. The predicted molar refractivity (Wildman–Crippen MR) is 78.5 cm³/mol. The van der Waals surface area contributed by atoms with Crippen molar-refractivity contribution < 1.29 is 4.79 Å². The van der Waals surface area contributed by atoms with Crippen LogP contribution in [-0.4, -0.2) is 23.5 Å². The molecule has 19 heavy (non-hydrogen) atoms. The van der Waals surface area contributed by atoms with Gasteiger partial charge in [0.05, 0.1) is 5.56 Å². The summed E-state index contributed by atoms with van der Waals surface area (Å²) in [6, 6.07) is 3.69. The van der Waals surface area contributed by atoms with Crippen LogP contribution in [0.2, 0.25) is 0 Å². The molecule has 1 aliphatic rings. The first-order chi connectivity index (χ1) is 8.72. The summed E-state index contributed by atoms with van der Waals surface area (Å²) in [5.41, 5.74) is 7.20. The highest BCUT2D eigenvalue weighted by Gasteiger charge is 2.25. The van der Waals surface area contributed by atoms with Crippen LogP contribution in [0.15, 0.2) is 18.3 Å². The Morgan fingerprint density at radius 1 is 1.53 bits per heavy atom. The first-order valence-electron chi connectivity index (χ1n) is 6.65. The highest BCUT2D eigenvalue weighted by atomic mass is 35.5. The first kappa shape index (κ1) is 15.9. The average Bonchev–Trinajstić information content (AvgIpc) is 2.90. The maximum Gasteiger partial charge on any atom is 0.253 e. The molecule has 1 amide bonds. The monoisotopic (exact) mass is 283 g/mol. The van der Waals surface area contributed by atoms with Gasteiger partial charge in [-0.25, -0.2) is 0 Å². The summed E-state index contributed by atoms with van der Waals surface area (Å²) >= 11 is 0. The van der Waals surface area contributed by atoms with Crippen molar-refractivity contribution in [2.24, 2.45) is 11.7 Å². The summed E-state index contributed by atoms with van der Waals surface area (Å²) in [6.07, 6.45) is 6.55. The number of aromatic nitrogens is 1. The summed E-state index contributed by atoms with van der Waals surface area (Å²) in [6.45, 7) is 2.36. The van der Waals surface area contributed by atoms with Crippen LogP contribution in [0.5, 0.6) is 0 Å². The normalized spacial score (nSPS) is 16.7. The molecule has 0 aromatic carbocycles. The molecule has 1 fully saturated rings. The number of amides is 1. The van der Waals surface area contributed by atoms with Crippen molar-refractivity contribution in [1.29, 1.82) is 0 Å². The standard InChI is InChI=1S/C14H21N3O.ClH/c1-10-12(7-4-8-16-10)14(18)17-13(9-15)11-5-2-3-6-11;/h4,7-8,11,13H,2-3,5-6,9,15H2,1H3,(H,17,18);1H. The van der Waals surface area contributed by atoms with E-state index in [4.69, 9.17) is 5.73 Å². The fourth-order valence-electron chi connectivity index (χ4n) is 2.70. The molecule has 0 bridgehead atoms. The smallest absolute Gasteiger partial charge is 0.253 e. The van der Waals surface area contributed by atoms with E-state index in [2.05, 4.69) is 10.3 Å². The van der Waals surface area contributed by atoms with E-state index in [9.17, 15) is 4.79 Å². The summed E-state index contributed by atoms with van der Waals surface area (Å²) in [7, 11) is 0. The molecule has 5 heteroatoms. The minimum absolute atomic E-state index is 0. The molecule has 0 saturated heterocycles. The van der Waals surface area contributed by atoms with Gasteiger partial charge >= 0.3 is 0 Å². The number of hydrogen-bond acceptors (Lipinski definition) is 3. The van der Waals surface area contributed by atoms with Crippen molar-refractivity contribution in [3.8, 4) is 0 Å². The van der Waals surface area contributed by atoms with Crippen LogP contribution in [0.3, 0.4) is 0 Å². The maximum atomic E-state index is 12.2. The number of pyridine rings is 1. The lowest BCUT2D eigenvalue weighted by Crippen LogP contribution is -2.44. The van der Waals surface area contributed by atoms with Crippen LogP contribution in [0.4, 0.5) is 0 Å². The Balaban J connectivity index is 0.00000180. The van der Waals surface area contributed by atoms with Gasteiger partial charge in [-0.2, -0.15) is 0 Å². The number of carbonyl (C=O) groups excluding carboxylic acids is 1. The minimum atomic E-state index is -0.0528. The van der Waals surface area contributed by atoms with Crippen LogP contribution in [0.25, 0.3) is 0 Å². The lowest BCUT2D eigenvalue weighted by molar-refractivity contribution is 0.0923. The Morgan fingerprint density at radius 3 is 2.79 bits per heavy atom. The second kappa shape index (κ2) is 7.46. The third-order valence-electron chi connectivity index (χ3n) is 3.79. The molecule has 1 unspecified atom stereocenters. The van der Waals surface area contributed by atoms with Gasteiger partial charge in [-0.15, -0.1) is 12.4 Å². The second-order valence-electron chi connectivity index (χ2n) is 5.00. The fraction of sp³-hybridized carbons (Fsp3) is 0.571. The summed E-state index contributed by atoms with van der Waals surface area (Å²) in [4.78, 5) is 16.3.